The average Bonchev–Trinajstić information content (AvgIpc) is 1.35. The summed E-state index contributed by atoms with van der Waals surface area (Å²) in [6.07, 6.45) is 16.4. The summed E-state index contributed by atoms with van der Waals surface area (Å²) in [6, 6.07) is 0. The van der Waals surface area contributed by atoms with Crippen LogP contribution in [0.2, 0.25) is 0 Å². The number of rotatable bonds is 20. The van der Waals surface area contributed by atoms with Crippen molar-refractivity contribution >= 4 is 33.9 Å². The number of nitrogens with one attached hydrogen (secondary N) is 2. The smallest absolute Gasteiger partial charge is 0.325 e. The summed E-state index contributed by atoms with van der Waals surface area (Å²) in [5.41, 5.74) is -1.35. The Hall–Kier alpha value is -2.45. The zero-order valence-corrected chi connectivity index (χ0v) is 59.6. The predicted octanol–water partition coefficient (Wildman–Crippen LogP) is 10.4. The topological polar surface area (TPSA) is 287 Å². The number of carboxylic acid groups (broad SMARTS) is 1. The van der Waals surface area contributed by atoms with Crippen LogP contribution in [0.3, 0.4) is 0 Å². The SMILES string of the molecule is C[C@H](CCC(=O)NCCS(=O)(=O)O[C@@H]1CC[C@@]2(C)[C@H](CC[C@@H]3[C@@H]2C[C@H](OC(=O)CNC(=O)CC[C@@H](C)[C@H]2CCC4C5C(C[C@H](O)[C@@]42C)[C@@]2(C)CC[C@@H](O)CC2C[C@H]5O)[C@]2(C)[C@@H]([C@H](C)CCC(=O)O)CC[C@@H]32)C1)[C@H]1CCC2C3C(C[C@H](O)[C@@]21C)[C@@]1(C)CC[C@@H](O)CC1C[C@H]3O. The molecule has 0 saturated heterocycles. The fraction of sp³-hybridized carbons (Fsp3) is 0.947. The Labute approximate surface area is 562 Å². The number of amides is 2. The van der Waals surface area contributed by atoms with E-state index in [2.05, 4.69) is 72.9 Å². The summed E-state index contributed by atoms with van der Waals surface area (Å²) in [5.74, 6) is 1.31. The molecule has 0 heterocycles. The molecule has 8 unspecified atom stereocenters. The number of carbonyl (C=O) groups excluding carboxylic acids is 3. The van der Waals surface area contributed by atoms with Crippen LogP contribution in [0.4, 0.5) is 0 Å². The van der Waals surface area contributed by atoms with E-state index < -0.39 is 64.1 Å². The molecule has 94 heavy (non-hydrogen) atoms. The standard InChI is InChI=1S/C76H124N2O15S/c1-41(51-16-19-55-69-58(37-62(83)74(51,55)7)72(5)27-24-47(79)32-45(72)35-60(69)81)10-21-65(85)77-30-31-94(90,91)93-49-26-29-71(4)44(34-49)13-14-50-54-18-15-53(43(3)12-23-67(87)88)76(54,9)64(39-57(50)71)92-68(89)40-78-66(86)22-11-42(2)52-17-20-56-70-59(38-63(84)75(52,56)8)73(6)28-25-48(80)33-46(73)36-61(70)82/h41-64,69-70,79-84H,10-40H2,1-9H3,(H,77,85)(H,78,86)(H,87,88)/t41-,42-,43-,44-,45?,46?,47-,48-,49-,50+,51-,52-,53-,54+,55?,56?,57+,58?,59?,60-,61-,62+,63+,64+,69?,70?,71+,72+,73+,74-,75-,76-/m1/s1. The molecular weight excluding hydrogens is 1210 g/mol. The minimum Gasteiger partial charge on any atom is -0.481 e. The Kier molecular flexibility index (Phi) is 20.4. The molecule has 32 atom stereocenters. The number of hydrogen-bond donors (Lipinski definition) is 9. The highest BCUT2D eigenvalue weighted by atomic mass is 32.2. The third-order valence-electron chi connectivity index (χ3n) is 32.6. The van der Waals surface area contributed by atoms with Gasteiger partial charge in [-0.1, -0.05) is 62.3 Å². The number of aliphatic hydroxyl groups is 6. The monoisotopic (exact) mass is 1340 g/mol. The number of esters is 1. The van der Waals surface area contributed by atoms with Gasteiger partial charge in [-0.15, -0.1) is 0 Å². The second-order valence-electron chi connectivity index (χ2n) is 36.3. The molecule has 12 fully saturated rings. The van der Waals surface area contributed by atoms with E-state index >= 15 is 0 Å². The Morgan fingerprint density at radius 2 is 0.957 bits per heavy atom. The zero-order valence-electron chi connectivity index (χ0n) is 58.7. The van der Waals surface area contributed by atoms with Gasteiger partial charge in [0.05, 0.1) is 48.5 Å². The average molecular weight is 1340 g/mol. The Bertz CT molecular complexity index is 2880. The molecular formula is C76H124N2O15S. The lowest BCUT2D eigenvalue weighted by Crippen LogP contribution is -2.62. The van der Waals surface area contributed by atoms with Gasteiger partial charge >= 0.3 is 11.9 Å². The van der Waals surface area contributed by atoms with Crippen LogP contribution in [0.15, 0.2) is 0 Å². The Morgan fingerprint density at radius 1 is 0.489 bits per heavy atom. The fourth-order valence-corrected chi connectivity index (χ4v) is 28.5. The van der Waals surface area contributed by atoms with Gasteiger partial charge in [0.1, 0.15) is 12.6 Å². The Balaban J connectivity index is 0.622. The number of aliphatic carboxylic acids is 1. The number of hydrogen-bond acceptors (Lipinski definition) is 14. The molecule has 12 saturated carbocycles. The number of carboxylic acids is 1. The van der Waals surface area contributed by atoms with E-state index in [9.17, 15) is 63.3 Å². The third-order valence-corrected chi connectivity index (χ3v) is 33.9. The van der Waals surface area contributed by atoms with Gasteiger partial charge in [0.25, 0.3) is 10.1 Å². The fourth-order valence-electron chi connectivity index (χ4n) is 27.4. The quantitative estimate of drug-likeness (QED) is 0.0405. The van der Waals surface area contributed by atoms with Crippen LogP contribution >= 0.6 is 0 Å². The van der Waals surface area contributed by atoms with Crippen molar-refractivity contribution in [3.05, 3.63) is 0 Å². The summed E-state index contributed by atoms with van der Waals surface area (Å²) in [6.45, 7) is 20.0. The Morgan fingerprint density at radius 3 is 1.48 bits per heavy atom. The molecule has 12 aliphatic rings. The van der Waals surface area contributed by atoms with Crippen LogP contribution in [0, 0.1) is 139 Å². The molecule has 0 aromatic rings. The van der Waals surface area contributed by atoms with Gasteiger partial charge in [-0.3, -0.25) is 23.4 Å². The third kappa shape index (κ3) is 12.4. The van der Waals surface area contributed by atoms with Crippen molar-refractivity contribution in [3.63, 3.8) is 0 Å². The summed E-state index contributed by atoms with van der Waals surface area (Å²) < 4.78 is 40.2. The van der Waals surface area contributed by atoms with E-state index in [1.54, 1.807) is 0 Å². The molecule has 0 bridgehead atoms. The molecule has 0 aliphatic heterocycles. The van der Waals surface area contributed by atoms with Crippen molar-refractivity contribution in [1.82, 2.24) is 10.6 Å². The largest absolute Gasteiger partial charge is 0.481 e. The number of carbonyl (C=O) groups is 4. The number of fused-ring (bicyclic) bond motifs is 15. The van der Waals surface area contributed by atoms with Gasteiger partial charge in [0.15, 0.2) is 0 Å². The first-order valence-corrected chi connectivity index (χ1v) is 39.8. The normalized spacial score (nSPS) is 49.5. The molecule has 534 valence electrons. The maximum absolute atomic E-state index is 14.3. The van der Waals surface area contributed by atoms with Crippen molar-refractivity contribution in [2.24, 2.45) is 139 Å². The van der Waals surface area contributed by atoms with Crippen LogP contribution in [-0.4, -0.2) is 136 Å². The minimum absolute atomic E-state index is 0.00271. The molecule has 0 radical (unpaired) electrons. The van der Waals surface area contributed by atoms with E-state index in [1.807, 2.05) is 0 Å². The van der Waals surface area contributed by atoms with E-state index in [0.29, 0.717) is 70.1 Å². The zero-order chi connectivity index (χ0) is 67.6. The maximum Gasteiger partial charge on any atom is 0.325 e. The van der Waals surface area contributed by atoms with Crippen molar-refractivity contribution in [1.29, 1.82) is 0 Å². The number of aliphatic hydroxyl groups excluding tert-OH is 6. The van der Waals surface area contributed by atoms with Crippen LogP contribution in [0.25, 0.3) is 0 Å². The molecule has 0 aromatic carbocycles. The first kappa shape index (κ1) is 71.4. The number of ether oxygens (including phenoxy) is 1. The molecule has 2 amide bonds. The van der Waals surface area contributed by atoms with E-state index in [1.165, 1.54) is 0 Å². The van der Waals surface area contributed by atoms with E-state index in [0.717, 1.165) is 96.3 Å². The first-order chi connectivity index (χ1) is 44.3. The highest BCUT2D eigenvalue weighted by Crippen LogP contribution is 2.72. The molecule has 18 heteroatoms. The second kappa shape index (κ2) is 26.8. The summed E-state index contributed by atoms with van der Waals surface area (Å²) >= 11 is 0. The van der Waals surface area contributed by atoms with E-state index in [-0.39, 0.29) is 190 Å². The maximum atomic E-state index is 14.3. The van der Waals surface area contributed by atoms with Crippen molar-refractivity contribution in [3.8, 4) is 0 Å². The van der Waals surface area contributed by atoms with Crippen LogP contribution in [0.1, 0.15) is 242 Å². The predicted molar refractivity (Wildman–Crippen MR) is 356 cm³/mol. The molecule has 12 aliphatic carbocycles. The molecule has 9 N–H and O–H groups in total. The van der Waals surface area contributed by atoms with Gasteiger partial charge in [-0.05, 0) is 294 Å². The summed E-state index contributed by atoms with van der Waals surface area (Å²) in [4.78, 5) is 53.3. The molecule has 17 nitrogen and oxygen atoms in total. The van der Waals surface area contributed by atoms with Gasteiger partial charge in [0.2, 0.25) is 11.8 Å². The minimum atomic E-state index is -3.99. The van der Waals surface area contributed by atoms with Gasteiger partial charge < -0.3 is 51.1 Å². The lowest BCUT2D eigenvalue weighted by Gasteiger charge is -2.63. The highest BCUT2D eigenvalue weighted by molar-refractivity contribution is 7.86. The van der Waals surface area contributed by atoms with Crippen molar-refractivity contribution in [2.45, 2.75) is 291 Å². The van der Waals surface area contributed by atoms with E-state index in [4.69, 9.17) is 8.92 Å². The van der Waals surface area contributed by atoms with Gasteiger partial charge in [-0.2, -0.15) is 8.42 Å². The van der Waals surface area contributed by atoms with Crippen LogP contribution < -0.4 is 10.6 Å². The molecule has 0 spiro atoms. The van der Waals surface area contributed by atoms with Crippen molar-refractivity contribution in [2.75, 3.05) is 18.8 Å². The lowest BCUT2D eigenvalue weighted by atomic mass is 9.43. The summed E-state index contributed by atoms with van der Waals surface area (Å²) in [7, 11) is -3.99. The molecule has 0 aromatic heterocycles. The van der Waals surface area contributed by atoms with Gasteiger partial charge in [-0.25, -0.2) is 0 Å². The summed E-state index contributed by atoms with van der Waals surface area (Å²) in [5, 5.41) is 84.4. The first-order valence-electron chi connectivity index (χ1n) is 38.2. The molecule has 12 rings (SSSR count). The highest BCUT2D eigenvalue weighted by Gasteiger charge is 2.69. The van der Waals surface area contributed by atoms with Crippen molar-refractivity contribution < 1.29 is 72.3 Å². The second-order valence-corrected chi connectivity index (χ2v) is 38.0. The van der Waals surface area contributed by atoms with Crippen LogP contribution in [0.5, 0.6) is 0 Å². The van der Waals surface area contributed by atoms with Crippen LogP contribution in [-0.2, 0) is 38.2 Å². The lowest BCUT2D eigenvalue weighted by molar-refractivity contribution is -0.207. The van der Waals surface area contributed by atoms with Gasteiger partial charge in [0, 0.05) is 31.2 Å².